The second-order valence-corrected chi connectivity index (χ2v) is 6.87. The van der Waals surface area contributed by atoms with Gasteiger partial charge in [0.2, 0.25) is 11.8 Å². The first kappa shape index (κ1) is 18.1. The lowest BCUT2D eigenvalue weighted by Crippen LogP contribution is -2.54. The van der Waals surface area contributed by atoms with Gasteiger partial charge in [-0.15, -0.1) is 0 Å². The molecule has 3 heterocycles. The zero-order valence-corrected chi connectivity index (χ0v) is 14.9. The van der Waals surface area contributed by atoms with Crippen LogP contribution >= 0.6 is 0 Å². The van der Waals surface area contributed by atoms with Crippen LogP contribution in [0.2, 0.25) is 0 Å². The van der Waals surface area contributed by atoms with Gasteiger partial charge in [-0.2, -0.15) is 0 Å². The van der Waals surface area contributed by atoms with Gasteiger partial charge in [0.1, 0.15) is 6.04 Å². The molecule has 146 valence electrons. The fourth-order valence-electron chi connectivity index (χ4n) is 3.93. The smallest absolute Gasteiger partial charge is 0.338 e. The number of nitrogens with one attached hydrogen (secondary N) is 2. The van der Waals surface area contributed by atoms with Gasteiger partial charge in [-0.05, 0) is 18.6 Å². The summed E-state index contributed by atoms with van der Waals surface area (Å²) in [7, 11) is 0. The number of imide groups is 2. The molecule has 4 amide bonds. The molecule has 0 saturated carbocycles. The molecule has 0 bridgehead atoms. The highest BCUT2D eigenvalue weighted by molar-refractivity contribution is 6.27. The number of rotatable bonds is 3. The Balaban J connectivity index is 1.77. The number of carboxylic acids is 1. The van der Waals surface area contributed by atoms with E-state index in [9.17, 15) is 29.1 Å². The van der Waals surface area contributed by atoms with Crippen LogP contribution in [0.25, 0.3) is 0 Å². The number of fused-ring (bicyclic) bond motifs is 1. The monoisotopic (exact) mass is 386 g/mol. The molecule has 1 aromatic carbocycles. The average molecular weight is 386 g/mol. The van der Waals surface area contributed by atoms with E-state index >= 15 is 0 Å². The lowest BCUT2D eigenvalue weighted by Gasteiger charge is -2.31. The molecule has 0 radical (unpaired) electrons. The van der Waals surface area contributed by atoms with Crippen LogP contribution in [0.3, 0.4) is 0 Å². The maximum atomic E-state index is 13.0. The van der Waals surface area contributed by atoms with Crippen LogP contribution in [0.1, 0.15) is 43.9 Å². The Bertz CT molecular complexity index is 921. The molecular formula is C18H18N4O6. The summed E-state index contributed by atoms with van der Waals surface area (Å²) in [5.41, 5.74) is -0.0872. The molecule has 0 aliphatic carbocycles. The summed E-state index contributed by atoms with van der Waals surface area (Å²) in [4.78, 5) is 64.0. The van der Waals surface area contributed by atoms with Gasteiger partial charge < -0.3 is 15.3 Å². The molecule has 28 heavy (non-hydrogen) atoms. The van der Waals surface area contributed by atoms with Crippen molar-refractivity contribution in [2.75, 3.05) is 31.1 Å². The standard InChI is InChI=1S/C18H18N4O6/c23-12-4-3-11(15(24)20-12)22-16(25)9-1-2-10(21-7-5-19-6-8-21)14(18(27)28)13(9)17(22)26/h1-2,11,19H,3-8H2,(H,27,28)(H,20,23,24). The third kappa shape index (κ3) is 2.73. The number of benzene rings is 1. The number of piperidine rings is 1. The Labute approximate surface area is 159 Å². The minimum atomic E-state index is -1.31. The van der Waals surface area contributed by atoms with Gasteiger partial charge in [-0.3, -0.25) is 29.4 Å². The fraction of sp³-hybridized carbons (Fsp3) is 0.389. The van der Waals surface area contributed by atoms with E-state index in [4.69, 9.17) is 0 Å². The second kappa shape index (κ2) is 6.71. The third-order valence-electron chi connectivity index (χ3n) is 5.26. The van der Waals surface area contributed by atoms with Gasteiger partial charge in [0.25, 0.3) is 11.8 Å². The minimum absolute atomic E-state index is 0.00161. The number of amides is 4. The average Bonchev–Trinajstić information content (AvgIpc) is 2.93. The molecule has 10 nitrogen and oxygen atoms in total. The van der Waals surface area contributed by atoms with Crippen molar-refractivity contribution in [1.82, 2.24) is 15.5 Å². The lowest BCUT2D eigenvalue weighted by molar-refractivity contribution is -0.136. The van der Waals surface area contributed by atoms with Crippen molar-refractivity contribution in [3.63, 3.8) is 0 Å². The maximum Gasteiger partial charge on any atom is 0.338 e. The summed E-state index contributed by atoms with van der Waals surface area (Å²) in [5.74, 6) is -4.04. The quantitative estimate of drug-likeness (QED) is 0.574. The molecule has 2 saturated heterocycles. The molecule has 0 spiro atoms. The van der Waals surface area contributed by atoms with Crippen molar-refractivity contribution in [2.45, 2.75) is 18.9 Å². The maximum absolute atomic E-state index is 13.0. The Kier molecular flexibility index (Phi) is 4.34. The molecule has 1 atom stereocenters. The van der Waals surface area contributed by atoms with Crippen LogP contribution in [0.4, 0.5) is 5.69 Å². The van der Waals surface area contributed by atoms with Crippen LogP contribution in [0.5, 0.6) is 0 Å². The first-order valence-corrected chi connectivity index (χ1v) is 8.97. The van der Waals surface area contributed by atoms with E-state index in [-0.39, 0.29) is 29.5 Å². The normalized spacial score (nSPS) is 22.4. The summed E-state index contributed by atoms with van der Waals surface area (Å²) in [6.07, 6.45) is 0.0187. The number of carbonyl (C=O) groups is 5. The highest BCUT2D eigenvalue weighted by atomic mass is 16.4. The van der Waals surface area contributed by atoms with Gasteiger partial charge in [0.15, 0.2) is 0 Å². The van der Waals surface area contributed by atoms with Crippen LogP contribution < -0.4 is 15.5 Å². The van der Waals surface area contributed by atoms with Gasteiger partial charge in [-0.25, -0.2) is 4.79 Å². The first-order chi connectivity index (χ1) is 13.4. The van der Waals surface area contributed by atoms with E-state index in [1.165, 1.54) is 12.1 Å². The molecule has 1 unspecified atom stereocenters. The molecule has 3 aliphatic heterocycles. The summed E-state index contributed by atoms with van der Waals surface area (Å²) < 4.78 is 0. The number of carbonyl (C=O) groups excluding carboxylic acids is 4. The van der Waals surface area contributed by atoms with Crippen molar-refractivity contribution in [2.24, 2.45) is 0 Å². The molecule has 3 aliphatic rings. The van der Waals surface area contributed by atoms with Gasteiger partial charge in [0.05, 0.1) is 22.4 Å². The molecule has 4 rings (SSSR count). The van der Waals surface area contributed by atoms with Crippen molar-refractivity contribution in [3.05, 3.63) is 28.8 Å². The molecule has 10 heteroatoms. The van der Waals surface area contributed by atoms with E-state index in [1.807, 2.05) is 4.90 Å². The fourth-order valence-corrected chi connectivity index (χ4v) is 3.93. The van der Waals surface area contributed by atoms with E-state index in [1.54, 1.807) is 0 Å². The summed E-state index contributed by atoms with van der Waals surface area (Å²) in [6, 6.07) is 1.84. The Hall–Kier alpha value is -3.27. The third-order valence-corrected chi connectivity index (χ3v) is 5.26. The minimum Gasteiger partial charge on any atom is -0.478 e. The predicted octanol–water partition coefficient (Wildman–Crippen LogP) is -0.804. The van der Waals surface area contributed by atoms with Gasteiger partial charge in [0, 0.05) is 32.6 Å². The number of aromatic carboxylic acids is 1. The van der Waals surface area contributed by atoms with Crippen molar-refractivity contribution >= 4 is 35.3 Å². The number of anilines is 1. The summed E-state index contributed by atoms with van der Waals surface area (Å²) >= 11 is 0. The van der Waals surface area contributed by atoms with Gasteiger partial charge >= 0.3 is 5.97 Å². The summed E-state index contributed by atoms with van der Waals surface area (Å²) in [6.45, 7) is 2.48. The predicted molar refractivity (Wildman–Crippen MR) is 95.2 cm³/mol. The number of hydrogen-bond acceptors (Lipinski definition) is 7. The highest BCUT2D eigenvalue weighted by Gasteiger charge is 2.47. The van der Waals surface area contributed by atoms with Crippen LogP contribution in [-0.4, -0.2) is 71.8 Å². The molecule has 3 N–H and O–H groups in total. The van der Waals surface area contributed by atoms with Crippen LogP contribution in [0, 0.1) is 0 Å². The number of nitrogens with zero attached hydrogens (tertiary/aromatic N) is 2. The molecule has 1 aromatic rings. The van der Waals surface area contributed by atoms with Crippen LogP contribution in [-0.2, 0) is 9.59 Å². The number of piperazine rings is 1. The Morgan fingerprint density at radius 3 is 2.43 bits per heavy atom. The lowest BCUT2D eigenvalue weighted by atomic mass is 9.99. The Morgan fingerprint density at radius 1 is 1.07 bits per heavy atom. The topological polar surface area (TPSA) is 136 Å². The van der Waals surface area contributed by atoms with Crippen molar-refractivity contribution in [3.8, 4) is 0 Å². The van der Waals surface area contributed by atoms with E-state index in [0.717, 1.165) is 4.90 Å². The largest absolute Gasteiger partial charge is 0.478 e. The number of carboxylic acid groups (broad SMARTS) is 1. The van der Waals surface area contributed by atoms with E-state index in [2.05, 4.69) is 10.6 Å². The van der Waals surface area contributed by atoms with E-state index < -0.39 is 35.6 Å². The molecular weight excluding hydrogens is 368 g/mol. The van der Waals surface area contributed by atoms with Gasteiger partial charge in [-0.1, -0.05) is 0 Å². The first-order valence-electron chi connectivity index (χ1n) is 8.97. The Morgan fingerprint density at radius 2 is 1.79 bits per heavy atom. The molecule has 0 aromatic heterocycles. The molecule has 2 fully saturated rings. The zero-order chi connectivity index (χ0) is 20.0. The number of hydrogen-bond donors (Lipinski definition) is 3. The van der Waals surface area contributed by atoms with Crippen molar-refractivity contribution < 1.29 is 29.1 Å². The SMILES string of the molecule is O=C1CCC(N2C(=O)c3ccc(N4CCNCC4)c(C(=O)O)c3C2=O)C(=O)N1. The van der Waals surface area contributed by atoms with E-state index in [0.29, 0.717) is 31.9 Å². The highest BCUT2D eigenvalue weighted by Crippen LogP contribution is 2.35. The second-order valence-electron chi connectivity index (χ2n) is 6.87. The summed E-state index contributed by atoms with van der Waals surface area (Å²) in [5, 5.41) is 15.1. The van der Waals surface area contributed by atoms with Crippen LogP contribution in [0.15, 0.2) is 12.1 Å². The van der Waals surface area contributed by atoms with Crippen molar-refractivity contribution in [1.29, 1.82) is 0 Å². The zero-order valence-electron chi connectivity index (χ0n) is 14.9.